The van der Waals surface area contributed by atoms with Gasteiger partial charge in [-0.3, -0.25) is 9.69 Å². The van der Waals surface area contributed by atoms with Gasteiger partial charge in [-0.25, -0.2) is 4.39 Å². The molecule has 1 aliphatic heterocycles. The number of benzene rings is 2. The SMILES string of the molecule is CN1CCN(C(=O)CC(C)(C)c2ccccc2)CC1c1ccc(F)cc1. The molecule has 0 spiro atoms. The highest BCUT2D eigenvalue weighted by Gasteiger charge is 2.32. The Balaban J connectivity index is 1.70. The minimum atomic E-state index is -0.232. The zero-order chi connectivity index (χ0) is 18.7. The highest BCUT2D eigenvalue weighted by molar-refractivity contribution is 5.78. The molecule has 3 rings (SSSR count). The van der Waals surface area contributed by atoms with Crippen molar-refractivity contribution in [1.29, 1.82) is 0 Å². The average Bonchev–Trinajstić information content (AvgIpc) is 2.63. The van der Waals surface area contributed by atoms with Crippen LogP contribution in [0.3, 0.4) is 0 Å². The van der Waals surface area contributed by atoms with Crippen LogP contribution in [0.4, 0.5) is 4.39 Å². The molecule has 3 nitrogen and oxygen atoms in total. The number of hydrogen-bond acceptors (Lipinski definition) is 2. The molecule has 1 fully saturated rings. The van der Waals surface area contributed by atoms with Gasteiger partial charge < -0.3 is 4.90 Å². The van der Waals surface area contributed by atoms with Crippen LogP contribution in [-0.2, 0) is 10.2 Å². The molecule has 26 heavy (non-hydrogen) atoms. The third-order valence-electron chi connectivity index (χ3n) is 5.40. The van der Waals surface area contributed by atoms with E-state index in [0.29, 0.717) is 13.0 Å². The van der Waals surface area contributed by atoms with Gasteiger partial charge >= 0.3 is 0 Å². The van der Waals surface area contributed by atoms with Crippen molar-refractivity contribution in [2.24, 2.45) is 0 Å². The molecule has 138 valence electrons. The van der Waals surface area contributed by atoms with Crippen molar-refractivity contribution < 1.29 is 9.18 Å². The topological polar surface area (TPSA) is 23.6 Å². The fourth-order valence-corrected chi connectivity index (χ4v) is 3.63. The number of rotatable bonds is 4. The molecule has 0 N–H and O–H groups in total. The number of hydrogen-bond donors (Lipinski definition) is 0. The van der Waals surface area contributed by atoms with Gasteiger partial charge in [0.1, 0.15) is 5.82 Å². The van der Waals surface area contributed by atoms with Crippen LogP contribution in [0.1, 0.15) is 37.4 Å². The first kappa shape index (κ1) is 18.6. The second kappa shape index (κ2) is 7.58. The van der Waals surface area contributed by atoms with Gasteiger partial charge in [-0.1, -0.05) is 56.3 Å². The van der Waals surface area contributed by atoms with Crippen LogP contribution in [0, 0.1) is 5.82 Å². The smallest absolute Gasteiger partial charge is 0.223 e. The fraction of sp³-hybridized carbons (Fsp3) is 0.409. The summed E-state index contributed by atoms with van der Waals surface area (Å²) in [7, 11) is 2.06. The molecule has 1 atom stereocenters. The Morgan fingerprint density at radius 1 is 1.08 bits per heavy atom. The van der Waals surface area contributed by atoms with E-state index in [1.54, 1.807) is 0 Å². The minimum absolute atomic E-state index is 0.105. The van der Waals surface area contributed by atoms with Crippen LogP contribution in [0.2, 0.25) is 0 Å². The number of carbonyl (C=O) groups excluding carboxylic acids is 1. The number of halogens is 1. The first-order valence-corrected chi connectivity index (χ1v) is 9.16. The van der Waals surface area contributed by atoms with Crippen LogP contribution in [0.15, 0.2) is 54.6 Å². The lowest BCUT2D eigenvalue weighted by molar-refractivity contribution is -0.135. The molecule has 1 aliphatic rings. The molecular weight excluding hydrogens is 327 g/mol. The standard InChI is InChI=1S/C22H27FN2O/c1-22(2,18-7-5-4-6-8-18)15-21(26)25-14-13-24(3)20(16-25)17-9-11-19(23)12-10-17/h4-12,20H,13-16H2,1-3H3. The van der Waals surface area contributed by atoms with Crippen molar-refractivity contribution in [2.45, 2.75) is 31.7 Å². The molecule has 0 radical (unpaired) electrons. The average molecular weight is 354 g/mol. The Bertz CT molecular complexity index is 742. The van der Waals surface area contributed by atoms with E-state index in [1.807, 2.05) is 35.2 Å². The first-order chi connectivity index (χ1) is 12.4. The molecule has 0 bridgehead atoms. The van der Waals surface area contributed by atoms with Crippen LogP contribution in [0.5, 0.6) is 0 Å². The van der Waals surface area contributed by atoms with E-state index in [0.717, 1.165) is 18.7 Å². The molecule has 2 aromatic carbocycles. The lowest BCUT2D eigenvalue weighted by Gasteiger charge is -2.41. The van der Waals surface area contributed by atoms with Crippen molar-refractivity contribution >= 4 is 5.91 Å². The Morgan fingerprint density at radius 3 is 2.38 bits per heavy atom. The zero-order valence-corrected chi connectivity index (χ0v) is 15.8. The molecule has 1 unspecified atom stereocenters. The van der Waals surface area contributed by atoms with E-state index in [9.17, 15) is 9.18 Å². The molecular formula is C22H27FN2O. The van der Waals surface area contributed by atoms with Crippen LogP contribution in [0.25, 0.3) is 0 Å². The van der Waals surface area contributed by atoms with Crippen molar-refractivity contribution in [2.75, 3.05) is 26.7 Å². The highest BCUT2D eigenvalue weighted by atomic mass is 19.1. The van der Waals surface area contributed by atoms with Crippen molar-refractivity contribution in [3.8, 4) is 0 Å². The minimum Gasteiger partial charge on any atom is -0.339 e. The maximum absolute atomic E-state index is 13.2. The Morgan fingerprint density at radius 2 is 1.73 bits per heavy atom. The molecule has 1 saturated heterocycles. The Labute approximate surface area is 155 Å². The number of amides is 1. The summed E-state index contributed by atoms with van der Waals surface area (Å²) >= 11 is 0. The number of piperazine rings is 1. The summed E-state index contributed by atoms with van der Waals surface area (Å²) in [6.07, 6.45) is 0.483. The largest absolute Gasteiger partial charge is 0.339 e. The number of carbonyl (C=O) groups is 1. The summed E-state index contributed by atoms with van der Waals surface area (Å²) in [5.41, 5.74) is 2.03. The zero-order valence-electron chi connectivity index (χ0n) is 15.8. The molecule has 2 aromatic rings. The van der Waals surface area contributed by atoms with Gasteiger partial charge in [0.15, 0.2) is 0 Å². The normalized spacial score (nSPS) is 18.8. The summed E-state index contributed by atoms with van der Waals surface area (Å²) in [6.45, 7) is 6.44. The molecule has 0 saturated carbocycles. The monoisotopic (exact) mass is 354 g/mol. The van der Waals surface area contributed by atoms with Gasteiger partial charge in [0.25, 0.3) is 0 Å². The van der Waals surface area contributed by atoms with Crippen LogP contribution < -0.4 is 0 Å². The summed E-state index contributed by atoms with van der Waals surface area (Å²) in [5.74, 6) is -0.0520. The van der Waals surface area contributed by atoms with Gasteiger partial charge in [-0.15, -0.1) is 0 Å². The van der Waals surface area contributed by atoms with E-state index in [2.05, 4.69) is 37.9 Å². The molecule has 0 aromatic heterocycles. The van der Waals surface area contributed by atoms with Gasteiger partial charge in [0, 0.05) is 26.1 Å². The van der Waals surface area contributed by atoms with Gasteiger partial charge in [0.2, 0.25) is 5.91 Å². The summed E-state index contributed by atoms with van der Waals surface area (Å²) in [6, 6.07) is 16.9. The Hall–Kier alpha value is -2.20. The van der Waals surface area contributed by atoms with Crippen LogP contribution in [-0.4, -0.2) is 42.4 Å². The van der Waals surface area contributed by atoms with Crippen molar-refractivity contribution in [3.63, 3.8) is 0 Å². The second-order valence-corrected chi connectivity index (χ2v) is 7.81. The summed E-state index contributed by atoms with van der Waals surface area (Å²) in [4.78, 5) is 17.2. The molecule has 1 heterocycles. The van der Waals surface area contributed by atoms with Gasteiger partial charge in [-0.2, -0.15) is 0 Å². The summed E-state index contributed by atoms with van der Waals surface area (Å²) < 4.78 is 13.2. The van der Waals surface area contributed by atoms with Crippen LogP contribution >= 0.6 is 0 Å². The molecule has 4 heteroatoms. The summed E-state index contributed by atoms with van der Waals surface area (Å²) in [5, 5.41) is 0. The fourth-order valence-electron chi connectivity index (χ4n) is 3.63. The number of nitrogens with zero attached hydrogens (tertiary/aromatic N) is 2. The second-order valence-electron chi connectivity index (χ2n) is 7.81. The lowest BCUT2D eigenvalue weighted by atomic mass is 9.81. The Kier molecular flexibility index (Phi) is 5.42. The lowest BCUT2D eigenvalue weighted by Crippen LogP contribution is -2.49. The molecule has 1 amide bonds. The van der Waals surface area contributed by atoms with Gasteiger partial charge in [-0.05, 0) is 35.7 Å². The van der Waals surface area contributed by atoms with E-state index in [1.165, 1.54) is 17.7 Å². The predicted octanol–water partition coefficient (Wildman–Crippen LogP) is 4.01. The predicted molar refractivity (Wildman–Crippen MR) is 102 cm³/mol. The maximum atomic E-state index is 13.2. The third-order valence-corrected chi connectivity index (χ3v) is 5.40. The van der Waals surface area contributed by atoms with E-state index >= 15 is 0 Å². The quantitative estimate of drug-likeness (QED) is 0.828. The first-order valence-electron chi connectivity index (χ1n) is 9.16. The van der Waals surface area contributed by atoms with Crippen molar-refractivity contribution in [1.82, 2.24) is 9.80 Å². The molecule has 0 aliphatic carbocycles. The highest BCUT2D eigenvalue weighted by Crippen LogP contribution is 2.30. The van der Waals surface area contributed by atoms with E-state index in [4.69, 9.17) is 0 Å². The third kappa shape index (κ3) is 4.13. The van der Waals surface area contributed by atoms with E-state index in [-0.39, 0.29) is 23.2 Å². The van der Waals surface area contributed by atoms with Crippen molar-refractivity contribution in [3.05, 3.63) is 71.5 Å². The number of likely N-dealkylation sites (N-methyl/N-ethyl adjacent to an activating group) is 1. The van der Waals surface area contributed by atoms with E-state index < -0.39 is 0 Å². The van der Waals surface area contributed by atoms with Gasteiger partial charge in [0.05, 0.1) is 6.04 Å². The maximum Gasteiger partial charge on any atom is 0.223 e.